The number of hydrogen-bond acceptors (Lipinski definition) is 5. The fourth-order valence-corrected chi connectivity index (χ4v) is 3.54. The van der Waals surface area contributed by atoms with E-state index in [1.54, 1.807) is 0 Å². The number of rotatable bonds is 7. The van der Waals surface area contributed by atoms with Gasteiger partial charge >= 0.3 is 0 Å². The molecule has 144 valence electrons. The summed E-state index contributed by atoms with van der Waals surface area (Å²) in [6.07, 6.45) is 0.945. The standard InChI is InChI=1S/C22H21N7/c1-2-8-18(9-3-1)14-15-27(16-28-21-12-6-4-10-19(21)23-25-28)17-29-22-13-7-5-11-20(22)24-26-29/h1-13H,14-17H2. The summed E-state index contributed by atoms with van der Waals surface area (Å²) in [5.41, 5.74) is 5.18. The summed E-state index contributed by atoms with van der Waals surface area (Å²) in [6, 6.07) is 26.6. The third-order valence-corrected chi connectivity index (χ3v) is 5.07. The molecule has 0 saturated carbocycles. The average Bonchev–Trinajstić information content (AvgIpc) is 3.37. The lowest BCUT2D eigenvalue weighted by molar-refractivity contribution is 0.158. The zero-order chi connectivity index (χ0) is 19.5. The van der Waals surface area contributed by atoms with Gasteiger partial charge in [-0.3, -0.25) is 4.90 Å². The van der Waals surface area contributed by atoms with Gasteiger partial charge in [0.25, 0.3) is 0 Å². The van der Waals surface area contributed by atoms with Crippen LogP contribution in [0.15, 0.2) is 78.9 Å². The molecule has 0 aliphatic rings. The van der Waals surface area contributed by atoms with Crippen LogP contribution in [0, 0.1) is 0 Å². The van der Waals surface area contributed by atoms with Gasteiger partial charge in [-0.25, -0.2) is 9.36 Å². The van der Waals surface area contributed by atoms with Crippen molar-refractivity contribution < 1.29 is 0 Å². The Morgan fingerprint density at radius 1 is 0.621 bits per heavy atom. The van der Waals surface area contributed by atoms with Crippen LogP contribution in [0.25, 0.3) is 22.1 Å². The van der Waals surface area contributed by atoms with Crippen molar-refractivity contribution >= 4 is 22.1 Å². The molecule has 0 aliphatic heterocycles. The van der Waals surface area contributed by atoms with Crippen molar-refractivity contribution in [2.45, 2.75) is 19.8 Å². The molecule has 0 aliphatic carbocycles. The second kappa shape index (κ2) is 7.81. The molecule has 7 heteroatoms. The predicted octanol–water partition coefficient (Wildman–Crippen LogP) is 3.34. The molecule has 5 aromatic rings. The summed E-state index contributed by atoms with van der Waals surface area (Å²) in [4.78, 5) is 2.31. The van der Waals surface area contributed by atoms with Crippen LogP contribution >= 0.6 is 0 Å². The molecule has 2 heterocycles. The van der Waals surface area contributed by atoms with E-state index in [0.717, 1.165) is 35.0 Å². The molecule has 0 N–H and O–H groups in total. The summed E-state index contributed by atoms with van der Waals surface area (Å²) in [5, 5.41) is 17.3. The first-order valence-corrected chi connectivity index (χ1v) is 9.69. The highest BCUT2D eigenvalue weighted by Crippen LogP contribution is 2.14. The number of hydrogen-bond donors (Lipinski definition) is 0. The third kappa shape index (κ3) is 3.72. The van der Waals surface area contributed by atoms with Crippen molar-refractivity contribution in [3.05, 3.63) is 84.4 Å². The normalized spacial score (nSPS) is 11.6. The Morgan fingerprint density at radius 3 is 1.72 bits per heavy atom. The van der Waals surface area contributed by atoms with Crippen molar-refractivity contribution in [1.29, 1.82) is 0 Å². The highest BCUT2D eigenvalue weighted by Gasteiger charge is 2.13. The lowest BCUT2D eigenvalue weighted by atomic mass is 10.1. The maximum atomic E-state index is 4.36. The van der Waals surface area contributed by atoms with E-state index in [0.29, 0.717) is 13.3 Å². The van der Waals surface area contributed by atoms with Crippen LogP contribution in [0.5, 0.6) is 0 Å². The molecule has 0 spiro atoms. The van der Waals surface area contributed by atoms with Gasteiger partial charge in [0.05, 0.1) is 24.4 Å². The van der Waals surface area contributed by atoms with Gasteiger partial charge in [0.15, 0.2) is 0 Å². The topological polar surface area (TPSA) is 64.7 Å². The Kier molecular flexibility index (Phi) is 4.72. The number of aromatic nitrogens is 6. The zero-order valence-corrected chi connectivity index (χ0v) is 16.0. The van der Waals surface area contributed by atoms with Crippen molar-refractivity contribution in [1.82, 2.24) is 34.9 Å². The molecule has 7 nitrogen and oxygen atoms in total. The lowest BCUT2D eigenvalue weighted by Crippen LogP contribution is -2.31. The summed E-state index contributed by atoms with van der Waals surface area (Å²) in [5.74, 6) is 0. The maximum Gasteiger partial charge on any atom is 0.113 e. The van der Waals surface area contributed by atoms with Gasteiger partial charge in [-0.15, -0.1) is 10.2 Å². The van der Waals surface area contributed by atoms with Gasteiger partial charge in [0.1, 0.15) is 11.0 Å². The molecule has 0 unspecified atom stereocenters. The Labute approximate surface area is 168 Å². The zero-order valence-electron chi connectivity index (χ0n) is 16.0. The fraction of sp³-hybridized carbons (Fsp3) is 0.182. The van der Waals surface area contributed by atoms with E-state index in [1.165, 1.54) is 5.56 Å². The smallest absolute Gasteiger partial charge is 0.113 e. The number of benzene rings is 3. The molecule has 29 heavy (non-hydrogen) atoms. The van der Waals surface area contributed by atoms with Gasteiger partial charge in [-0.05, 0) is 36.2 Å². The molecule has 0 saturated heterocycles. The molecule has 0 bridgehead atoms. The van der Waals surface area contributed by atoms with Crippen molar-refractivity contribution in [2.75, 3.05) is 6.54 Å². The Bertz CT molecular complexity index is 1150. The summed E-state index contributed by atoms with van der Waals surface area (Å²) < 4.78 is 3.89. The highest BCUT2D eigenvalue weighted by molar-refractivity contribution is 5.74. The van der Waals surface area contributed by atoms with Gasteiger partial charge < -0.3 is 0 Å². The average molecular weight is 383 g/mol. The van der Waals surface area contributed by atoms with E-state index in [1.807, 2.05) is 51.8 Å². The van der Waals surface area contributed by atoms with Gasteiger partial charge in [-0.2, -0.15) is 0 Å². The molecule has 2 aromatic heterocycles. The molecule has 0 radical (unpaired) electrons. The first-order chi connectivity index (χ1) is 14.4. The quantitative estimate of drug-likeness (QED) is 0.431. The summed E-state index contributed by atoms with van der Waals surface area (Å²) >= 11 is 0. The third-order valence-electron chi connectivity index (χ3n) is 5.07. The van der Waals surface area contributed by atoms with Crippen LogP contribution in [0.3, 0.4) is 0 Å². The van der Waals surface area contributed by atoms with Crippen LogP contribution in [-0.4, -0.2) is 41.4 Å². The number of nitrogens with zero attached hydrogens (tertiary/aromatic N) is 7. The first kappa shape index (κ1) is 17.5. The van der Waals surface area contributed by atoms with Gasteiger partial charge in [0, 0.05) is 6.54 Å². The molecular weight excluding hydrogens is 362 g/mol. The second-order valence-corrected chi connectivity index (χ2v) is 7.07. The summed E-state index contributed by atoms with van der Waals surface area (Å²) in [6.45, 7) is 2.12. The molecule has 3 aromatic carbocycles. The second-order valence-electron chi connectivity index (χ2n) is 7.07. The minimum atomic E-state index is 0.627. The molecule has 0 fully saturated rings. The Morgan fingerprint density at radius 2 is 1.14 bits per heavy atom. The van der Waals surface area contributed by atoms with E-state index in [4.69, 9.17) is 0 Å². The van der Waals surface area contributed by atoms with E-state index in [2.05, 4.69) is 61.9 Å². The van der Waals surface area contributed by atoms with Crippen molar-refractivity contribution in [3.8, 4) is 0 Å². The minimum Gasteiger partial charge on any atom is -0.264 e. The van der Waals surface area contributed by atoms with E-state index in [9.17, 15) is 0 Å². The van der Waals surface area contributed by atoms with E-state index < -0.39 is 0 Å². The predicted molar refractivity (Wildman–Crippen MR) is 112 cm³/mol. The number of para-hydroxylation sites is 2. The van der Waals surface area contributed by atoms with Crippen molar-refractivity contribution in [2.24, 2.45) is 0 Å². The Hall–Kier alpha value is -3.58. The number of fused-ring (bicyclic) bond motifs is 2. The molecule has 0 amide bonds. The van der Waals surface area contributed by atoms with Crippen LogP contribution < -0.4 is 0 Å². The van der Waals surface area contributed by atoms with E-state index in [-0.39, 0.29) is 0 Å². The fourth-order valence-electron chi connectivity index (χ4n) is 3.54. The molecular formula is C22H21N7. The van der Waals surface area contributed by atoms with Crippen LogP contribution in [0.4, 0.5) is 0 Å². The molecule has 0 atom stereocenters. The largest absolute Gasteiger partial charge is 0.264 e. The summed E-state index contributed by atoms with van der Waals surface area (Å²) in [7, 11) is 0. The van der Waals surface area contributed by atoms with Crippen LogP contribution in [-0.2, 0) is 19.8 Å². The lowest BCUT2D eigenvalue weighted by Gasteiger charge is -2.22. The maximum absolute atomic E-state index is 4.36. The van der Waals surface area contributed by atoms with Crippen molar-refractivity contribution in [3.63, 3.8) is 0 Å². The SMILES string of the molecule is c1ccc(CCN(Cn2nnc3ccccc32)Cn2nnc3ccccc32)cc1. The first-order valence-electron chi connectivity index (χ1n) is 9.69. The van der Waals surface area contributed by atoms with E-state index >= 15 is 0 Å². The highest BCUT2D eigenvalue weighted by atomic mass is 15.5. The van der Waals surface area contributed by atoms with Crippen LogP contribution in [0.1, 0.15) is 5.56 Å². The Balaban J connectivity index is 1.42. The van der Waals surface area contributed by atoms with Gasteiger partial charge in [-0.1, -0.05) is 65.0 Å². The monoisotopic (exact) mass is 383 g/mol. The minimum absolute atomic E-state index is 0.627. The molecule has 5 rings (SSSR count). The van der Waals surface area contributed by atoms with Gasteiger partial charge in [0.2, 0.25) is 0 Å². The van der Waals surface area contributed by atoms with Crippen LogP contribution in [0.2, 0.25) is 0 Å².